The maximum atomic E-state index is 12.5. The molecule has 2 N–H and O–H groups in total. The van der Waals surface area contributed by atoms with Crippen LogP contribution in [-0.4, -0.2) is 28.8 Å². The summed E-state index contributed by atoms with van der Waals surface area (Å²) < 4.78 is 0. The molecule has 2 aromatic rings. The number of nitrogens with zero attached hydrogens (tertiary/aromatic N) is 1. The van der Waals surface area contributed by atoms with Gasteiger partial charge in [0.2, 0.25) is 0 Å². The van der Waals surface area contributed by atoms with E-state index in [4.69, 9.17) is 0 Å². The molecule has 2 aromatic carbocycles. The summed E-state index contributed by atoms with van der Waals surface area (Å²) in [5, 5.41) is 6.47. The maximum Gasteiger partial charge on any atom is 0.316 e. The van der Waals surface area contributed by atoms with Gasteiger partial charge >= 0.3 is 11.8 Å². The van der Waals surface area contributed by atoms with Crippen LogP contribution in [0.3, 0.4) is 0 Å². The van der Waals surface area contributed by atoms with Crippen LogP contribution >= 0.6 is 0 Å². The quantitative estimate of drug-likeness (QED) is 0.804. The number of carbonyl (C=O) groups is 2. The molecule has 1 aliphatic heterocycles. The lowest BCUT2D eigenvalue weighted by Crippen LogP contribution is -2.62. The molecule has 0 radical (unpaired) electrons. The van der Waals surface area contributed by atoms with Crippen LogP contribution in [0.15, 0.2) is 72.4 Å². The molecule has 0 bridgehead atoms. The van der Waals surface area contributed by atoms with Gasteiger partial charge in [-0.15, -0.1) is 0 Å². The molecule has 1 saturated heterocycles. The molecule has 0 spiro atoms. The Bertz CT molecular complexity index is 848. The van der Waals surface area contributed by atoms with Crippen molar-refractivity contribution in [2.24, 2.45) is 0 Å². The van der Waals surface area contributed by atoms with Crippen LogP contribution in [0.5, 0.6) is 0 Å². The molecule has 2 atom stereocenters. The molecular weight excluding hydrogens is 338 g/mol. The number of fused-ring (bicyclic) bond motifs is 1. The number of hydrogen-bond acceptors (Lipinski definition) is 3. The maximum absolute atomic E-state index is 12.5. The van der Waals surface area contributed by atoms with Gasteiger partial charge in [-0.1, -0.05) is 66.7 Å². The third kappa shape index (κ3) is 3.78. The highest BCUT2D eigenvalue weighted by Crippen LogP contribution is 2.27. The topological polar surface area (TPSA) is 61.4 Å². The SMILES string of the molecule is O=C1NC2C(=CCCC2NCc2ccccc2)N(Cc2ccccc2)C1=O. The number of hydrogen-bond donors (Lipinski definition) is 2. The van der Waals surface area contributed by atoms with E-state index in [0.29, 0.717) is 6.54 Å². The number of carbonyl (C=O) groups excluding carboxylic acids is 2. The molecule has 1 aliphatic carbocycles. The molecule has 0 aromatic heterocycles. The van der Waals surface area contributed by atoms with E-state index in [1.807, 2.05) is 48.5 Å². The summed E-state index contributed by atoms with van der Waals surface area (Å²) in [5.74, 6) is -1.01. The van der Waals surface area contributed by atoms with Crippen LogP contribution in [0, 0.1) is 0 Å². The zero-order valence-corrected chi connectivity index (χ0v) is 15.1. The van der Waals surface area contributed by atoms with E-state index >= 15 is 0 Å². The molecule has 2 aliphatic rings. The van der Waals surface area contributed by atoms with E-state index < -0.39 is 11.8 Å². The highest BCUT2D eigenvalue weighted by molar-refractivity contribution is 6.36. The fraction of sp³-hybridized carbons (Fsp3) is 0.273. The monoisotopic (exact) mass is 361 g/mol. The van der Waals surface area contributed by atoms with Gasteiger partial charge in [0.25, 0.3) is 0 Å². The molecule has 1 heterocycles. The Morgan fingerprint density at radius 2 is 1.63 bits per heavy atom. The molecule has 27 heavy (non-hydrogen) atoms. The summed E-state index contributed by atoms with van der Waals surface area (Å²) in [5.41, 5.74) is 3.12. The Hall–Kier alpha value is -2.92. The fourth-order valence-electron chi connectivity index (χ4n) is 3.80. The summed E-state index contributed by atoms with van der Waals surface area (Å²) in [6.45, 7) is 1.15. The van der Waals surface area contributed by atoms with Crippen LogP contribution in [0.1, 0.15) is 24.0 Å². The number of nitrogens with one attached hydrogen (secondary N) is 2. The zero-order valence-electron chi connectivity index (χ0n) is 15.1. The predicted octanol–water partition coefficient (Wildman–Crippen LogP) is 2.35. The first-order valence-electron chi connectivity index (χ1n) is 9.36. The van der Waals surface area contributed by atoms with Crippen molar-refractivity contribution >= 4 is 11.8 Å². The molecule has 4 rings (SSSR count). The molecule has 1 fully saturated rings. The van der Waals surface area contributed by atoms with Crippen LogP contribution in [-0.2, 0) is 22.7 Å². The van der Waals surface area contributed by atoms with Crippen molar-refractivity contribution in [3.8, 4) is 0 Å². The van der Waals surface area contributed by atoms with E-state index in [1.54, 1.807) is 4.90 Å². The van der Waals surface area contributed by atoms with E-state index in [9.17, 15) is 9.59 Å². The Balaban J connectivity index is 1.52. The van der Waals surface area contributed by atoms with Gasteiger partial charge in [-0.25, -0.2) is 0 Å². The van der Waals surface area contributed by atoms with Crippen molar-refractivity contribution in [3.63, 3.8) is 0 Å². The summed E-state index contributed by atoms with van der Waals surface area (Å²) in [6, 6.07) is 19.9. The largest absolute Gasteiger partial charge is 0.338 e. The van der Waals surface area contributed by atoms with Gasteiger partial charge in [-0.05, 0) is 24.0 Å². The third-order valence-electron chi connectivity index (χ3n) is 5.18. The van der Waals surface area contributed by atoms with Gasteiger partial charge in [0.05, 0.1) is 12.6 Å². The van der Waals surface area contributed by atoms with Crippen LogP contribution in [0.4, 0.5) is 0 Å². The smallest absolute Gasteiger partial charge is 0.316 e. The second-order valence-corrected chi connectivity index (χ2v) is 7.01. The summed E-state index contributed by atoms with van der Waals surface area (Å²) in [6.07, 6.45) is 3.90. The Labute approximate surface area is 159 Å². The van der Waals surface area contributed by atoms with Crippen molar-refractivity contribution in [1.82, 2.24) is 15.5 Å². The van der Waals surface area contributed by atoms with E-state index in [-0.39, 0.29) is 12.1 Å². The van der Waals surface area contributed by atoms with Crippen molar-refractivity contribution in [3.05, 3.63) is 83.6 Å². The van der Waals surface area contributed by atoms with Crippen molar-refractivity contribution in [2.75, 3.05) is 0 Å². The number of amides is 2. The minimum absolute atomic E-state index is 0.0977. The first kappa shape index (κ1) is 17.5. The lowest BCUT2D eigenvalue weighted by atomic mass is 9.90. The van der Waals surface area contributed by atoms with E-state index in [0.717, 1.165) is 30.6 Å². The summed E-state index contributed by atoms with van der Waals surface area (Å²) in [4.78, 5) is 26.5. The van der Waals surface area contributed by atoms with Crippen LogP contribution in [0.25, 0.3) is 0 Å². The standard InChI is InChI=1S/C22H23N3O2/c26-21-22(27)25(15-17-10-5-2-6-11-17)19-13-7-12-18(20(19)24-21)23-14-16-8-3-1-4-9-16/h1-6,8-11,13,18,20,23H,7,12,14-15H2,(H,24,26). The van der Waals surface area contributed by atoms with Gasteiger partial charge < -0.3 is 15.5 Å². The average Bonchev–Trinajstić information content (AvgIpc) is 2.71. The average molecular weight is 361 g/mol. The minimum atomic E-state index is -0.526. The highest BCUT2D eigenvalue weighted by atomic mass is 16.2. The lowest BCUT2D eigenvalue weighted by molar-refractivity contribution is -0.148. The molecule has 138 valence electrons. The van der Waals surface area contributed by atoms with Gasteiger partial charge in [0, 0.05) is 18.3 Å². The van der Waals surface area contributed by atoms with Crippen LogP contribution < -0.4 is 10.6 Å². The predicted molar refractivity (Wildman–Crippen MR) is 103 cm³/mol. The Morgan fingerprint density at radius 1 is 0.963 bits per heavy atom. The number of rotatable bonds is 5. The molecule has 2 unspecified atom stereocenters. The highest BCUT2D eigenvalue weighted by Gasteiger charge is 2.41. The molecule has 5 nitrogen and oxygen atoms in total. The lowest BCUT2D eigenvalue weighted by Gasteiger charge is -2.42. The van der Waals surface area contributed by atoms with E-state index in [1.165, 1.54) is 5.56 Å². The molecule has 0 saturated carbocycles. The Morgan fingerprint density at radius 3 is 2.33 bits per heavy atom. The number of piperazine rings is 1. The first-order valence-corrected chi connectivity index (χ1v) is 9.36. The molecular formula is C22H23N3O2. The zero-order chi connectivity index (χ0) is 18.6. The Kier molecular flexibility index (Phi) is 5.03. The second-order valence-electron chi connectivity index (χ2n) is 7.01. The third-order valence-corrected chi connectivity index (χ3v) is 5.18. The molecule has 5 heteroatoms. The number of benzene rings is 2. The summed E-state index contributed by atoms with van der Waals surface area (Å²) in [7, 11) is 0. The van der Waals surface area contributed by atoms with Gasteiger partial charge in [0.1, 0.15) is 0 Å². The number of allylic oxidation sites excluding steroid dienone is 1. The van der Waals surface area contributed by atoms with Crippen molar-refractivity contribution in [1.29, 1.82) is 0 Å². The molecule has 2 amide bonds. The fourth-order valence-corrected chi connectivity index (χ4v) is 3.80. The van der Waals surface area contributed by atoms with Crippen molar-refractivity contribution < 1.29 is 9.59 Å². The normalized spacial score (nSPS) is 22.1. The van der Waals surface area contributed by atoms with Gasteiger partial charge in [0.15, 0.2) is 0 Å². The van der Waals surface area contributed by atoms with Gasteiger partial charge in [-0.3, -0.25) is 9.59 Å². The van der Waals surface area contributed by atoms with Crippen LogP contribution in [0.2, 0.25) is 0 Å². The van der Waals surface area contributed by atoms with Crippen molar-refractivity contribution in [2.45, 2.75) is 38.0 Å². The van der Waals surface area contributed by atoms with Gasteiger partial charge in [-0.2, -0.15) is 0 Å². The second kappa shape index (κ2) is 7.76. The minimum Gasteiger partial charge on any atom is -0.338 e. The summed E-state index contributed by atoms with van der Waals surface area (Å²) >= 11 is 0. The first-order chi connectivity index (χ1) is 13.2. The van der Waals surface area contributed by atoms with E-state index in [2.05, 4.69) is 28.8 Å².